The normalized spacial score (nSPS) is 17.0. The third-order valence-electron chi connectivity index (χ3n) is 3.72. The number of carbonyl (C=O) groups excluding carboxylic acids is 2. The van der Waals surface area contributed by atoms with E-state index in [2.05, 4.69) is 5.32 Å². The van der Waals surface area contributed by atoms with E-state index in [4.69, 9.17) is 0 Å². The van der Waals surface area contributed by atoms with Gasteiger partial charge in [0.1, 0.15) is 0 Å². The molecule has 1 atom stereocenters. The van der Waals surface area contributed by atoms with E-state index in [1.165, 1.54) is 6.92 Å². The van der Waals surface area contributed by atoms with Crippen molar-refractivity contribution in [1.82, 2.24) is 0 Å². The molecule has 0 spiro atoms. The minimum atomic E-state index is -0.103. The summed E-state index contributed by atoms with van der Waals surface area (Å²) in [6, 6.07) is 15.4. The first-order valence-corrected chi connectivity index (χ1v) is 8.18. The zero-order valence-corrected chi connectivity index (χ0v) is 13.2. The standard InChI is InChI=1S/C18H17NO2S/c1-12(20)19-15-8-4-5-9-16(15)22-17-11-10-13-6-2-3-7-14(13)18(17)21/h2-9,17H,10-11H2,1H3,(H,19,20). The van der Waals surface area contributed by atoms with Crippen molar-refractivity contribution < 1.29 is 9.59 Å². The first kappa shape index (κ1) is 14.9. The molecule has 112 valence electrons. The van der Waals surface area contributed by atoms with Gasteiger partial charge in [-0.1, -0.05) is 36.4 Å². The molecule has 2 aromatic rings. The second-order valence-electron chi connectivity index (χ2n) is 5.34. The van der Waals surface area contributed by atoms with Crippen LogP contribution in [0.15, 0.2) is 53.4 Å². The Morgan fingerprint density at radius 1 is 1.14 bits per heavy atom. The van der Waals surface area contributed by atoms with Crippen molar-refractivity contribution in [1.29, 1.82) is 0 Å². The number of hydrogen-bond acceptors (Lipinski definition) is 3. The van der Waals surface area contributed by atoms with Crippen LogP contribution in [0.3, 0.4) is 0 Å². The Balaban J connectivity index is 1.83. The van der Waals surface area contributed by atoms with E-state index in [1.54, 1.807) is 11.8 Å². The minimum absolute atomic E-state index is 0.0928. The molecule has 1 N–H and O–H groups in total. The monoisotopic (exact) mass is 311 g/mol. The van der Waals surface area contributed by atoms with Gasteiger partial charge in [-0.05, 0) is 30.5 Å². The van der Waals surface area contributed by atoms with E-state index >= 15 is 0 Å². The van der Waals surface area contributed by atoms with Gasteiger partial charge in [0, 0.05) is 17.4 Å². The van der Waals surface area contributed by atoms with Crippen LogP contribution in [0.25, 0.3) is 0 Å². The van der Waals surface area contributed by atoms with Crippen LogP contribution in [0.2, 0.25) is 0 Å². The van der Waals surface area contributed by atoms with Crippen LogP contribution >= 0.6 is 11.8 Å². The lowest BCUT2D eigenvalue weighted by Crippen LogP contribution is -2.24. The van der Waals surface area contributed by atoms with Crippen LogP contribution in [0, 0.1) is 0 Å². The van der Waals surface area contributed by atoms with Gasteiger partial charge in [-0.15, -0.1) is 11.8 Å². The molecule has 0 heterocycles. The highest BCUT2D eigenvalue weighted by atomic mass is 32.2. The van der Waals surface area contributed by atoms with Crippen molar-refractivity contribution in [3.05, 3.63) is 59.7 Å². The van der Waals surface area contributed by atoms with Crippen molar-refractivity contribution in [3.8, 4) is 0 Å². The number of benzene rings is 2. The highest BCUT2D eigenvalue weighted by molar-refractivity contribution is 8.00. The van der Waals surface area contributed by atoms with Crippen molar-refractivity contribution in [2.45, 2.75) is 29.9 Å². The highest BCUT2D eigenvalue weighted by Crippen LogP contribution is 2.36. The summed E-state index contributed by atoms with van der Waals surface area (Å²) >= 11 is 1.54. The Hall–Kier alpha value is -2.07. The molecule has 0 fully saturated rings. The van der Waals surface area contributed by atoms with E-state index < -0.39 is 0 Å². The molecule has 0 aliphatic heterocycles. The topological polar surface area (TPSA) is 46.2 Å². The quantitative estimate of drug-likeness (QED) is 0.934. The van der Waals surface area contributed by atoms with Gasteiger partial charge in [0.15, 0.2) is 5.78 Å². The highest BCUT2D eigenvalue weighted by Gasteiger charge is 2.28. The van der Waals surface area contributed by atoms with Gasteiger partial charge in [-0.25, -0.2) is 0 Å². The molecule has 0 bridgehead atoms. The second-order valence-corrected chi connectivity index (χ2v) is 6.59. The Labute approximate surface area is 134 Å². The van der Waals surface area contributed by atoms with Crippen molar-refractivity contribution >= 4 is 29.1 Å². The summed E-state index contributed by atoms with van der Waals surface area (Å²) in [4.78, 5) is 24.9. The molecule has 0 radical (unpaired) electrons. The van der Waals surface area contributed by atoms with Crippen molar-refractivity contribution in [2.24, 2.45) is 0 Å². The number of ketones is 1. The van der Waals surface area contributed by atoms with Gasteiger partial charge in [0.2, 0.25) is 5.91 Å². The predicted molar refractivity (Wildman–Crippen MR) is 89.5 cm³/mol. The van der Waals surface area contributed by atoms with Gasteiger partial charge in [0.25, 0.3) is 0 Å². The molecule has 2 aromatic carbocycles. The van der Waals surface area contributed by atoms with Crippen LogP contribution < -0.4 is 5.32 Å². The van der Waals surface area contributed by atoms with Gasteiger partial charge in [-0.3, -0.25) is 9.59 Å². The number of hydrogen-bond donors (Lipinski definition) is 1. The number of para-hydroxylation sites is 1. The molecule has 1 amide bonds. The number of carbonyl (C=O) groups is 2. The van der Waals surface area contributed by atoms with Gasteiger partial charge in [-0.2, -0.15) is 0 Å². The zero-order valence-electron chi connectivity index (χ0n) is 12.3. The molecule has 3 rings (SSSR count). The van der Waals surface area contributed by atoms with Crippen LogP contribution in [0.5, 0.6) is 0 Å². The third kappa shape index (κ3) is 3.07. The number of thioether (sulfide) groups is 1. The van der Waals surface area contributed by atoms with Crippen molar-refractivity contribution in [3.63, 3.8) is 0 Å². The summed E-state index contributed by atoms with van der Waals surface area (Å²) in [7, 11) is 0. The van der Waals surface area contributed by atoms with Crippen LogP contribution in [-0.2, 0) is 11.2 Å². The lowest BCUT2D eigenvalue weighted by atomic mass is 9.90. The second kappa shape index (κ2) is 6.36. The zero-order chi connectivity index (χ0) is 15.5. The molecular weight excluding hydrogens is 294 g/mol. The fourth-order valence-electron chi connectivity index (χ4n) is 2.70. The van der Waals surface area contributed by atoms with Gasteiger partial charge < -0.3 is 5.32 Å². The Morgan fingerprint density at radius 2 is 1.86 bits per heavy atom. The first-order valence-electron chi connectivity index (χ1n) is 7.30. The number of amides is 1. The predicted octanol–water partition coefficient (Wildman–Crippen LogP) is 3.93. The molecule has 0 saturated carbocycles. The fourth-order valence-corrected chi connectivity index (χ4v) is 3.88. The average Bonchev–Trinajstić information content (AvgIpc) is 2.51. The van der Waals surface area contributed by atoms with Gasteiger partial charge in [0.05, 0.1) is 10.9 Å². The largest absolute Gasteiger partial charge is 0.325 e. The molecule has 1 unspecified atom stereocenters. The molecule has 1 aliphatic rings. The lowest BCUT2D eigenvalue weighted by molar-refractivity contribution is -0.114. The number of aryl methyl sites for hydroxylation is 1. The fraction of sp³-hybridized carbons (Fsp3) is 0.222. The van der Waals surface area contributed by atoms with Gasteiger partial charge >= 0.3 is 0 Å². The first-order chi connectivity index (χ1) is 10.6. The van der Waals surface area contributed by atoms with Crippen molar-refractivity contribution in [2.75, 3.05) is 5.32 Å². The minimum Gasteiger partial charge on any atom is -0.325 e. The molecule has 3 nitrogen and oxygen atoms in total. The average molecular weight is 311 g/mol. The third-order valence-corrected chi connectivity index (χ3v) is 5.06. The van der Waals surface area contributed by atoms with E-state index in [9.17, 15) is 9.59 Å². The number of anilines is 1. The van der Waals surface area contributed by atoms with Crippen LogP contribution in [0.1, 0.15) is 29.3 Å². The SMILES string of the molecule is CC(=O)Nc1ccccc1SC1CCc2ccccc2C1=O. The molecule has 22 heavy (non-hydrogen) atoms. The summed E-state index contributed by atoms with van der Waals surface area (Å²) in [5.74, 6) is 0.0813. The molecule has 0 saturated heterocycles. The lowest BCUT2D eigenvalue weighted by Gasteiger charge is -2.23. The summed E-state index contributed by atoms with van der Waals surface area (Å²) in [6.45, 7) is 1.49. The number of rotatable bonds is 3. The Bertz CT molecular complexity index is 727. The Morgan fingerprint density at radius 3 is 2.68 bits per heavy atom. The molecule has 0 aromatic heterocycles. The molecule has 1 aliphatic carbocycles. The number of nitrogens with one attached hydrogen (secondary N) is 1. The van der Waals surface area contributed by atoms with Crippen LogP contribution in [-0.4, -0.2) is 16.9 Å². The number of fused-ring (bicyclic) bond motifs is 1. The van der Waals surface area contributed by atoms with E-state index in [1.807, 2.05) is 48.5 Å². The van der Waals surface area contributed by atoms with E-state index in [0.29, 0.717) is 0 Å². The number of Topliss-reactive ketones (excluding diaryl/α,β-unsaturated/α-hetero) is 1. The molecular formula is C18H17NO2S. The van der Waals surface area contributed by atoms with Crippen LogP contribution in [0.4, 0.5) is 5.69 Å². The summed E-state index contributed by atoms with van der Waals surface area (Å²) in [6.07, 6.45) is 1.75. The van der Waals surface area contributed by atoms with E-state index in [0.717, 1.165) is 34.6 Å². The maximum absolute atomic E-state index is 12.6. The molecule has 4 heteroatoms. The maximum atomic E-state index is 12.6. The maximum Gasteiger partial charge on any atom is 0.221 e. The Kier molecular flexibility index (Phi) is 4.29. The summed E-state index contributed by atoms with van der Waals surface area (Å²) in [5, 5.41) is 2.73. The summed E-state index contributed by atoms with van der Waals surface area (Å²) < 4.78 is 0. The van der Waals surface area contributed by atoms with E-state index in [-0.39, 0.29) is 16.9 Å². The summed E-state index contributed by atoms with van der Waals surface area (Å²) in [5.41, 5.74) is 2.74. The smallest absolute Gasteiger partial charge is 0.221 e.